The average molecular weight is 765 g/mol. The first-order valence-electron chi connectivity index (χ1n) is 18.4. The van der Waals surface area contributed by atoms with Gasteiger partial charge < -0.3 is 0 Å². The minimum absolute atomic E-state index is 0. The number of rotatable bonds is 10. The van der Waals surface area contributed by atoms with Crippen molar-refractivity contribution in [3.8, 4) is 0 Å². The van der Waals surface area contributed by atoms with Gasteiger partial charge in [-0.3, -0.25) is 9.59 Å². The number of Topliss-reactive ketones (excluding diaryl/α,β-unsaturated/α-hetero) is 2. The lowest BCUT2D eigenvalue weighted by molar-refractivity contribution is -0.127. The smallest absolute Gasteiger partial charge is 0.269 e. The van der Waals surface area contributed by atoms with E-state index in [1.54, 1.807) is 26.0 Å². The standard InChI is InChI=1S/C20H26F2O3S.C20H28O3S.2CH4/c1-13(2)18(23)19(15-9-11-16(12-10-15)26(3,24)25)17(20(19,21)22)14-7-5-4-6-8-14;1-14(2)19(21)20(13-18(20)15-7-5-4-6-8-15)16-9-11-17(12-10-16)24(3,22)23;;/h9-14,17H,4-8H2,1-3H3;9-12,14-15,18H,4-8,13H2,1-3H3;2*1H4/t17-,19+;18-,20-;;/m00../s1. The molecule has 0 heterocycles. The summed E-state index contributed by atoms with van der Waals surface area (Å²) in [4.78, 5) is 26.4. The first-order valence-corrected chi connectivity index (χ1v) is 22.2. The van der Waals surface area contributed by atoms with Gasteiger partial charge in [0.15, 0.2) is 25.5 Å². The number of sulfone groups is 2. The predicted octanol–water partition coefficient (Wildman–Crippen LogP) is 9.82. The van der Waals surface area contributed by atoms with Crippen LogP contribution in [0.3, 0.4) is 0 Å². The maximum Gasteiger partial charge on any atom is 0.269 e. The van der Waals surface area contributed by atoms with Gasteiger partial charge >= 0.3 is 0 Å². The van der Waals surface area contributed by atoms with Gasteiger partial charge in [-0.25, -0.2) is 25.6 Å². The SMILES string of the molecule is C.C.CC(C)C(=O)[C@@]1(c2ccc(S(C)(=O)=O)cc2)[C@H](C2CCCCC2)C1(F)F.CC(C)C(=O)[C@]1(c2ccc(S(C)(=O)=O)cc2)C[C@H]1C1CCCCC1. The Morgan fingerprint density at radius 3 is 1.38 bits per heavy atom. The van der Waals surface area contributed by atoms with E-state index in [4.69, 9.17) is 0 Å². The Morgan fingerprint density at radius 2 is 1.00 bits per heavy atom. The second-order valence-electron chi connectivity index (χ2n) is 16.1. The molecular weight excluding hydrogens is 703 g/mol. The fourth-order valence-electron chi connectivity index (χ4n) is 9.47. The van der Waals surface area contributed by atoms with Crippen molar-refractivity contribution in [3.63, 3.8) is 0 Å². The van der Waals surface area contributed by atoms with Gasteiger partial charge in [-0.05, 0) is 72.4 Å². The third-order valence-corrected chi connectivity index (χ3v) is 14.3. The molecule has 4 aliphatic rings. The highest BCUT2D eigenvalue weighted by Gasteiger charge is 2.85. The molecule has 0 N–H and O–H groups in total. The maximum atomic E-state index is 15.2. The van der Waals surface area contributed by atoms with Crippen molar-refractivity contribution < 1.29 is 35.2 Å². The third-order valence-electron chi connectivity index (χ3n) is 12.1. The summed E-state index contributed by atoms with van der Waals surface area (Å²) in [6.45, 7) is 7.26. The number of halogens is 2. The van der Waals surface area contributed by atoms with Crippen LogP contribution in [0.2, 0.25) is 0 Å². The monoisotopic (exact) mass is 764 g/mol. The number of ketones is 2. The van der Waals surface area contributed by atoms with Gasteiger partial charge in [-0.1, -0.05) is 118 Å². The average Bonchev–Trinajstić information content (AvgIpc) is 3.95. The van der Waals surface area contributed by atoms with Crippen LogP contribution in [0.15, 0.2) is 58.3 Å². The molecule has 0 unspecified atom stereocenters. The van der Waals surface area contributed by atoms with E-state index < -0.39 is 48.6 Å². The Labute approximate surface area is 312 Å². The molecule has 0 aliphatic heterocycles. The zero-order valence-electron chi connectivity index (χ0n) is 30.4. The van der Waals surface area contributed by atoms with Crippen LogP contribution < -0.4 is 0 Å². The molecule has 6 rings (SSSR count). The summed E-state index contributed by atoms with van der Waals surface area (Å²) in [5.41, 5.74) is -0.904. The summed E-state index contributed by atoms with van der Waals surface area (Å²) in [5.74, 6) is -3.74. The summed E-state index contributed by atoms with van der Waals surface area (Å²) in [5, 5.41) is 0. The molecule has 2 aromatic rings. The quantitative estimate of drug-likeness (QED) is 0.239. The van der Waals surface area contributed by atoms with Gasteiger partial charge in [-0.15, -0.1) is 0 Å². The van der Waals surface area contributed by atoms with Gasteiger partial charge in [0.2, 0.25) is 0 Å². The number of hydrogen-bond acceptors (Lipinski definition) is 6. The first-order chi connectivity index (χ1) is 23.3. The molecule has 4 fully saturated rings. The summed E-state index contributed by atoms with van der Waals surface area (Å²) in [7, 11) is -6.62. The van der Waals surface area contributed by atoms with Gasteiger partial charge in [0.25, 0.3) is 5.92 Å². The highest BCUT2D eigenvalue weighted by Crippen LogP contribution is 2.72. The van der Waals surface area contributed by atoms with E-state index in [1.165, 1.54) is 62.6 Å². The van der Waals surface area contributed by atoms with E-state index in [-0.39, 0.29) is 42.6 Å². The Morgan fingerprint density at radius 1 is 0.615 bits per heavy atom. The molecule has 0 spiro atoms. The molecule has 6 nitrogen and oxygen atoms in total. The number of benzene rings is 2. The molecule has 0 aromatic heterocycles. The maximum absolute atomic E-state index is 15.2. The normalized spacial score (nSPS) is 27.4. The molecule has 52 heavy (non-hydrogen) atoms. The topological polar surface area (TPSA) is 102 Å². The molecule has 292 valence electrons. The Bertz CT molecular complexity index is 1770. The Balaban J connectivity index is 0.000000271. The van der Waals surface area contributed by atoms with E-state index in [1.807, 2.05) is 26.0 Å². The van der Waals surface area contributed by atoms with Gasteiger partial charge in [-0.2, -0.15) is 0 Å². The number of alkyl halides is 2. The minimum atomic E-state index is -3.42. The molecule has 4 aliphatic carbocycles. The summed E-state index contributed by atoms with van der Waals surface area (Å²) >= 11 is 0. The largest absolute Gasteiger partial charge is 0.298 e. The van der Waals surface area contributed by atoms with Crippen molar-refractivity contribution >= 4 is 31.2 Å². The first kappa shape index (κ1) is 43.9. The molecule has 10 heteroatoms. The predicted molar refractivity (Wildman–Crippen MR) is 205 cm³/mol. The number of hydrogen-bond donors (Lipinski definition) is 0. The van der Waals surface area contributed by atoms with Crippen LogP contribution in [-0.2, 0) is 40.1 Å². The second kappa shape index (κ2) is 16.1. The summed E-state index contributed by atoms with van der Waals surface area (Å²) in [6, 6.07) is 12.6. The summed E-state index contributed by atoms with van der Waals surface area (Å²) in [6.07, 6.45) is 14.0. The molecule has 4 saturated carbocycles. The molecule has 0 radical (unpaired) electrons. The van der Waals surface area contributed by atoms with Crippen LogP contribution in [0.5, 0.6) is 0 Å². The van der Waals surface area contributed by atoms with Crippen molar-refractivity contribution in [2.45, 2.75) is 140 Å². The van der Waals surface area contributed by atoms with E-state index in [9.17, 15) is 26.4 Å². The van der Waals surface area contributed by atoms with Crippen LogP contribution >= 0.6 is 0 Å². The Hall–Kier alpha value is -2.46. The van der Waals surface area contributed by atoms with Crippen LogP contribution in [0.25, 0.3) is 0 Å². The van der Waals surface area contributed by atoms with E-state index in [0.29, 0.717) is 22.5 Å². The summed E-state index contributed by atoms with van der Waals surface area (Å²) < 4.78 is 77.1. The molecule has 0 bridgehead atoms. The van der Waals surface area contributed by atoms with Crippen LogP contribution in [-0.4, -0.2) is 46.8 Å². The van der Waals surface area contributed by atoms with Gasteiger partial charge in [0, 0.05) is 30.3 Å². The van der Waals surface area contributed by atoms with Crippen LogP contribution in [0, 0.1) is 35.5 Å². The van der Waals surface area contributed by atoms with E-state index in [2.05, 4.69) is 0 Å². The molecular formula is C42H62F2O6S2. The fraction of sp³-hybridized carbons (Fsp3) is 0.667. The zero-order valence-corrected chi connectivity index (χ0v) is 32.0. The van der Waals surface area contributed by atoms with Crippen molar-refractivity contribution in [3.05, 3.63) is 59.7 Å². The second-order valence-corrected chi connectivity index (χ2v) is 20.1. The number of carbonyl (C=O) groups is 2. The van der Waals surface area contributed by atoms with Gasteiger partial charge in [0.1, 0.15) is 11.2 Å². The van der Waals surface area contributed by atoms with Crippen molar-refractivity contribution in [1.29, 1.82) is 0 Å². The van der Waals surface area contributed by atoms with Crippen molar-refractivity contribution in [1.82, 2.24) is 0 Å². The van der Waals surface area contributed by atoms with E-state index in [0.717, 1.165) is 50.3 Å². The lowest BCUT2D eigenvalue weighted by Crippen LogP contribution is -2.32. The number of carbonyl (C=O) groups excluding carboxylic acids is 2. The van der Waals surface area contributed by atoms with E-state index >= 15 is 8.78 Å². The fourth-order valence-corrected chi connectivity index (χ4v) is 10.7. The molecule has 0 saturated heterocycles. The lowest BCUT2D eigenvalue weighted by atomic mass is 9.77. The highest BCUT2D eigenvalue weighted by atomic mass is 32.2. The highest BCUT2D eigenvalue weighted by molar-refractivity contribution is 7.91. The lowest BCUT2D eigenvalue weighted by Gasteiger charge is -2.26. The molecule has 2 aromatic carbocycles. The Kier molecular flexibility index (Phi) is 13.6. The van der Waals surface area contributed by atoms with Crippen molar-refractivity contribution in [2.24, 2.45) is 35.5 Å². The van der Waals surface area contributed by atoms with Crippen LogP contribution in [0.4, 0.5) is 8.78 Å². The molecule has 4 atom stereocenters. The van der Waals surface area contributed by atoms with Crippen molar-refractivity contribution in [2.75, 3.05) is 12.5 Å². The zero-order chi connectivity index (χ0) is 36.9. The molecule has 0 amide bonds. The third kappa shape index (κ3) is 7.99. The van der Waals surface area contributed by atoms with Crippen LogP contribution in [0.1, 0.15) is 124 Å². The minimum Gasteiger partial charge on any atom is -0.298 e. The van der Waals surface area contributed by atoms with Gasteiger partial charge in [0.05, 0.1) is 15.2 Å².